The second-order valence-corrected chi connectivity index (χ2v) is 2.54. The van der Waals surface area contributed by atoms with E-state index in [1.807, 2.05) is 0 Å². The van der Waals surface area contributed by atoms with Crippen LogP contribution in [0, 0.1) is 0 Å². The van der Waals surface area contributed by atoms with Crippen molar-refractivity contribution < 1.29 is 14.3 Å². The summed E-state index contributed by atoms with van der Waals surface area (Å²) >= 11 is 0. The van der Waals surface area contributed by atoms with Crippen LogP contribution in [-0.2, 0) is 16.1 Å². The van der Waals surface area contributed by atoms with Gasteiger partial charge in [-0.1, -0.05) is 6.58 Å². The fourth-order valence-electron chi connectivity index (χ4n) is 1.04. The van der Waals surface area contributed by atoms with E-state index in [0.29, 0.717) is 17.5 Å². The Bertz CT molecular complexity index is 368. The van der Waals surface area contributed by atoms with Crippen LogP contribution in [0.2, 0.25) is 0 Å². The van der Waals surface area contributed by atoms with Gasteiger partial charge in [-0.3, -0.25) is 14.3 Å². The maximum Gasteiger partial charge on any atom is 0.327 e. The summed E-state index contributed by atoms with van der Waals surface area (Å²) in [4.78, 5) is 21.5. The van der Waals surface area contributed by atoms with Crippen molar-refractivity contribution >= 4 is 18.3 Å². The van der Waals surface area contributed by atoms with Gasteiger partial charge in [-0.15, -0.1) is 0 Å². The highest BCUT2D eigenvalue weighted by atomic mass is 16.5. The number of aldehydes is 1. The molecule has 0 amide bonds. The summed E-state index contributed by atoms with van der Waals surface area (Å²) in [5, 5.41) is 3.86. The van der Waals surface area contributed by atoms with Crippen LogP contribution < -0.4 is 0 Å². The molecule has 0 aliphatic rings. The van der Waals surface area contributed by atoms with E-state index < -0.39 is 5.97 Å². The number of carbonyl (C=O) groups is 2. The van der Waals surface area contributed by atoms with Crippen molar-refractivity contribution in [2.45, 2.75) is 6.54 Å². The molecule has 1 aromatic heterocycles. The van der Waals surface area contributed by atoms with Gasteiger partial charge in [0.05, 0.1) is 24.6 Å². The van der Waals surface area contributed by atoms with Crippen LogP contribution in [0.5, 0.6) is 0 Å². The van der Waals surface area contributed by atoms with Gasteiger partial charge >= 0.3 is 5.97 Å². The molecule has 1 aromatic rings. The molecule has 0 bridgehead atoms. The molecule has 5 nitrogen and oxygen atoms in total. The number of hydrogen-bond acceptors (Lipinski definition) is 4. The van der Waals surface area contributed by atoms with Crippen LogP contribution >= 0.6 is 0 Å². The van der Waals surface area contributed by atoms with Gasteiger partial charge in [-0.05, 0) is 6.08 Å². The Kier molecular flexibility index (Phi) is 3.17. The predicted molar refractivity (Wildman–Crippen MR) is 49.7 cm³/mol. The number of ether oxygens (including phenoxy) is 1. The molecule has 0 atom stereocenters. The summed E-state index contributed by atoms with van der Waals surface area (Å²) in [7, 11) is 1.29. The molecule has 0 aliphatic heterocycles. The number of aromatic nitrogens is 2. The summed E-state index contributed by atoms with van der Waals surface area (Å²) < 4.78 is 5.84. The average Bonchev–Trinajstić information content (AvgIpc) is 2.59. The summed E-state index contributed by atoms with van der Waals surface area (Å²) in [6.45, 7) is 3.51. The molecular weight excluding hydrogens is 184 g/mol. The zero-order chi connectivity index (χ0) is 10.6. The minimum atomic E-state index is -0.423. The van der Waals surface area contributed by atoms with Gasteiger partial charge in [-0.2, -0.15) is 5.10 Å². The number of hydrogen-bond donors (Lipinski definition) is 0. The van der Waals surface area contributed by atoms with Crippen LogP contribution in [-0.4, -0.2) is 29.1 Å². The Balaban J connectivity index is 2.97. The van der Waals surface area contributed by atoms with Gasteiger partial charge in [0.25, 0.3) is 0 Å². The van der Waals surface area contributed by atoms with E-state index in [1.165, 1.54) is 24.1 Å². The molecule has 0 fully saturated rings. The van der Waals surface area contributed by atoms with Crippen LogP contribution in [0.3, 0.4) is 0 Å². The first-order chi connectivity index (χ1) is 6.72. The summed E-state index contributed by atoms with van der Waals surface area (Å²) in [6.07, 6.45) is 3.52. The van der Waals surface area contributed by atoms with Crippen LogP contribution in [0.4, 0.5) is 0 Å². The molecule has 0 saturated heterocycles. The van der Waals surface area contributed by atoms with Crippen molar-refractivity contribution in [3.63, 3.8) is 0 Å². The third-order valence-corrected chi connectivity index (χ3v) is 1.74. The normalized spacial score (nSPS) is 9.50. The quantitative estimate of drug-likeness (QED) is 0.517. The third kappa shape index (κ3) is 1.87. The molecule has 74 valence electrons. The fraction of sp³-hybridized carbons (Fsp3) is 0.222. The molecule has 0 aromatic carbocycles. The summed E-state index contributed by atoms with van der Waals surface area (Å²) in [5.41, 5.74) is 0.925. The monoisotopic (exact) mass is 194 g/mol. The first kappa shape index (κ1) is 10.2. The van der Waals surface area contributed by atoms with Crippen molar-refractivity contribution in [3.8, 4) is 0 Å². The van der Waals surface area contributed by atoms with E-state index in [9.17, 15) is 9.59 Å². The van der Waals surface area contributed by atoms with Crippen molar-refractivity contribution in [3.05, 3.63) is 24.0 Å². The van der Waals surface area contributed by atoms with E-state index in [-0.39, 0.29) is 6.54 Å². The number of esters is 1. The largest absolute Gasteiger partial charge is 0.468 e. The van der Waals surface area contributed by atoms with Gasteiger partial charge in [0, 0.05) is 0 Å². The standard InChI is InChI=1S/C9H10N2O3/c1-3-8-7(6-12)4-10-11(8)5-9(13)14-2/h3-4,6H,1,5H2,2H3. The number of rotatable bonds is 4. The molecular formula is C9H10N2O3. The topological polar surface area (TPSA) is 61.2 Å². The highest BCUT2D eigenvalue weighted by Gasteiger charge is 2.10. The molecule has 1 rings (SSSR count). The minimum Gasteiger partial charge on any atom is -0.468 e. The summed E-state index contributed by atoms with van der Waals surface area (Å²) in [5.74, 6) is -0.423. The number of methoxy groups -OCH3 is 1. The highest BCUT2D eigenvalue weighted by molar-refractivity contribution is 5.80. The smallest absolute Gasteiger partial charge is 0.327 e. The predicted octanol–water partition coefficient (Wildman–Crippen LogP) is 0.512. The van der Waals surface area contributed by atoms with E-state index in [0.717, 1.165) is 0 Å². The lowest BCUT2D eigenvalue weighted by Gasteiger charge is -2.02. The number of carbonyl (C=O) groups excluding carboxylic acids is 2. The third-order valence-electron chi connectivity index (χ3n) is 1.74. The lowest BCUT2D eigenvalue weighted by atomic mass is 10.2. The zero-order valence-corrected chi connectivity index (χ0v) is 7.77. The molecule has 0 unspecified atom stereocenters. The molecule has 0 aliphatic carbocycles. The lowest BCUT2D eigenvalue weighted by Crippen LogP contribution is -2.13. The highest BCUT2D eigenvalue weighted by Crippen LogP contribution is 2.07. The maximum atomic E-state index is 10.9. The van der Waals surface area contributed by atoms with Crippen LogP contribution in [0.1, 0.15) is 16.1 Å². The number of nitrogens with zero attached hydrogens (tertiary/aromatic N) is 2. The van der Waals surface area contributed by atoms with Gasteiger partial charge in [0.2, 0.25) is 0 Å². The molecule has 0 N–H and O–H groups in total. The van der Waals surface area contributed by atoms with Gasteiger partial charge in [0.1, 0.15) is 6.54 Å². The SMILES string of the molecule is C=Cc1c(C=O)cnn1CC(=O)OC. The molecule has 14 heavy (non-hydrogen) atoms. The average molecular weight is 194 g/mol. The Labute approximate surface area is 81.0 Å². The Morgan fingerprint density at radius 1 is 1.79 bits per heavy atom. The second kappa shape index (κ2) is 4.36. The van der Waals surface area contributed by atoms with Crippen LogP contribution in [0.15, 0.2) is 12.8 Å². The zero-order valence-electron chi connectivity index (χ0n) is 7.77. The Hall–Kier alpha value is -1.91. The van der Waals surface area contributed by atoms with Crippen molar-refractivity contribution in [1.82, 2.24) is 9.78 Å². The first-order valence-electron chi connectivity index (χ1n) is 3.93. The molecule has 1 heterocycles. The van der Waals surface area contributed by atoms with E-state index in [1.54, 1.807) is 0 Å². The molecule has 0 saturated carbocycles. The molecule has 5 heteroatoms. The van der Waals surface area contributed by atoms with E-state index >= 15 is 0 Å². The van der Waals surface area contributed by atoms with Crippen molar-refractivity contribution in [1.29, 1.82) is 0 Å². The second-order valence-electron chi connectivity index (χ2n) is 2.54. The molecule has 0 spiro atoms. The van der Waals surface area contributed by atoms with Gasteiger partial charge in [0.15, 0.2) is 6.29 Å². The van der Waals surface area contributed by atoms with Gasteiger partial charge in [-0.25, -0.2) is 0 Å². The van der Waals surface area contributed by atoms with Crippen LogP contribution in [0.25, 0.3) is 6.08 Å². The molecule has 0 radical (unpaired) electrons. The Morgan fingerprint density at radius 2 is 2.50 bits per heavy atom. The van der Waals surface area contributed by atoms with Crippen molar-refractivity contribution in [2.75, 3.05) is 7.11 Å². The summed E-state index contributed by atoms with van der Waals surface area (Å²) in [6, 6.07) is 0. The van der Waals surface area contributed by atoms with Crippen molar-refractivity contribution in [2.24, 2.45) is 0 Å². The van der Waals surface area contributed by atoms with E-state index in [4.69, 9.17) is 0 Å². The fourth-order valence-corrected chi connectivity index (χ4v) is 1.04. The maximum absolute atomic E-state index is 10.9. The first-order valence-corrected chi connectivity index (χ1v) is 3.93. The Morgan fingerprint density at radius 3 is 3.00 bits per heavy atom. The van der Waals surface area contributed by atoms with E-state index in [2.05, 4.69) is 16.4 Å². The van der Waals surface area contributed by atoms with Gasteiger partial charge < -0.3 is 4.74 Å². The minimum absolute atomic E-state index is 0.0221. The lowest BCUT2D eigenvalue weighted by molar-refractivity contribution is -0.141.